The highest BCUT2D eigenvalue weighted by atomic mass is 32.1. The number of hydrogen-bond donors (Lipinski definition) is 1. The van der Waals surface area contributed by atoms with Crippen LogP contribution >= 0.6 is 11.3 Å². The van der Waals surface area contributed by atoms with Crippen LogP contribution < -0.4 is 5.32 Å². The summed E-state index contributed by atoms with van der Waals surface area (Å²) < 4.78 is 5.00. The zero-order valence-electron chi connectivity index (χ0n) is 10.8. The third-order valence-electron chi connectivity index (χ3n) is 2.44. The number of thiophene rings is 1. The lowest BCUT2D eigenvalue weighted by molar-refractivity contribution is 0.203. The molecule has 0 saturated carbocycles. The summed E-state index contributed by atoms with van der Waals surface area (Å²) >= 11 is 1.80. The number of rotatable bonds is 6. The number of guanidine groups is 1. The average molecular weight is 255 g/mol. The Morgan fingerprint density at radius 3 is 3.00 bits per heavy atom. The van der Waals surface area contributed by atoms with Gasteiger partial charge in [-0.25, -0.2) is 0 Å². The molecular weight excluding hydrogens is 234 g/mol. The van der Waals surface area contributed by atoms with E-state index in [0.29, 0.717) is 6.61 Å². The monoisotopic (exact) mass is 255 g/mol. The van der Waals surface area contributed by atoms with Crippen LogP contribution in [0.3, 0.4) is 0 Å². The Balaban J connectivity index is 2.31. The summed E-state index contributed by atoms with van der Waals surface area (Å²) in [5, 5.41) is 5.37. The number of nitrogens with one attached hydrogen (secondary N) is 1. The molecule has 1 rings (SSSR count). The van der Waals surface area contributed by atoms with Gasteiger partial charge in [0.25, 0.3) is 0 Å². The average Bonchev–Trinajstić information content (AvgIpc) is 2.85. The molecule has 0 amide bonds. The van der Waals surface area contributed by atoms with Crippen molar-refractivity contribution < 1.29 is 4.74 Å². The maximum atomic E-state index is 5.00. The molecule has 1 heterocycles. The van der Waals surface area contributed by atoms with Crippen molar-refractivity contribution in [3.8, 4) is 0 Å². The normalized spacial score (nSPS) is 11.6. The Morgan fingerprint density at radius 2 is 2.41 bits per heavy atom. The maximum absolute atomic E-state index is 5.00. The zero-order chi connectivity index (χ0) is 12.5. The van der Waals surface area contributed by atoms with Gasteiger partial charge in [0.2, 0.25) is 0 Å². The van der Waals surface area contributed by atoms with Crippen LogP contribution in [-0.4, -0.2) is 51.8 Å². The van der Waals surface area contributed by atoms with E-state index in [1.165, 1.54) is 4.88 Å². The Morgan fingerprint density at radius 1 is 1.59 bits per heavy atom. The largest absolute Gasteiger partial charge is 0.383 e. The first kappa shape index (κ1) is 14.0. The number of nitrogens with zero attached hydrogens (tertiary/aromatic N) is 2. The number of likely N-dealkylation sites (N-methyl/N-ethyl adjacent to an activating group) is 1. The molecule has 0 spiro atoms. The molecule has 0 bridgehead atoms. The molecule has 5 heteroatoms. The molecule has 1 N–H and O–H groups in total. The minimum absolute atomic E-state index is 0.692. The van der Waals surface area contributed by atoms with Gasteiger partial charge in [-0.2, -0.15) is 0 Å². The molecule has 4 nitrogen and oxygen atoms in total. The smallest absolute Gasteiger partial charge is 0.193 e. The van der Waals surface area contributed by atoms with E-state index in [1.807, 2.05) is 0 Å². The van der Waals surface area contributed by atoms with Crippen LogP contribution in [0.25, 0.3) is 0 Å². The van der Waals surface area contributed by atoms with E-state index < -0.39 is 0 Å². The predicted octanol–water partition coefficient (Wildman–Crippen LogP) is 1.44. The number of aliphatic imine (C=N–C) groups is 1. The van der Waals surface area contributed by atoms with Crippen LogP contribution in [0.1, 0.15) is 4.88 Å². The van der Waals surface area contributed by atoms with Gasteiger partial charge in [0.05, 0.1) is 6.61 Å². The Labute approximate surface area is 107 Å². The molecule has 0 aliphatic heterocycles. The van der Waals surface area contributed by atoms with Crippen LogP contribution in [0.2, 0.25) is 0 Å². The van der Waals surface area contributed by atoms with Crippen molar-refractivity contribution in [1.29, 1.82) is 0 Å². The van der Waals surface area contributed by atoms with Crippen molar-refractivity contribution in [1.82, 2.24) is 10.2 Å². The summed E-state index contributed by atoms with van der Waals surface area (Å²) in [6.07, 6.45) is 1.05. The summed E-state index contributed by atoms with van der Waals surface area (Å²) in [6.45, 7) is 2.44. The van der Waals surface area contributed by atoms with E-state index in [1.54, 1.807) is 25.5 Å². The minimum Gasteiger partial charge on any atom is -0.383 e. The molecule has 0 aliphatic rings. The highest BCUT2D eigenvalue weighted by Crippen LogP contribution is 2.09. The first-order valence-electron chi connectivity index (χ1n) is 5.71. The van der Waals surface area contributed by atoms with Gasteiger partial charge in [-0.15, -0.1) is 11.3 Å². The topological polar surface area (TPSA) is 36.9 Å². The third kappa shape index (κ3) is 5.19. The van der Waals surface area contributed by atoms with E-state index in [2.05, 4.69) is 39.8 Å². The van der Waals surface area contributed by atoms with Crippen LogP contribution in [0.5, 0.6) is 0 Å². The summed E-state index contributed by atoms with van der Waals surface area (Å²) in [7, 11) is 5.55. The van der Waals surface area contributed by atoms with Crippen molar-refractivity contribution in [3.05, 3.63) is 22.4 Å². The second kappa shape index (κ2) is 8.08. The van der Waals surface area contributed by atoms with Crippen LogP contribution in [0.15, 0.2) is 22.5 Å². The van der Waals surface area contributed by atoms with E-state index >= 15 is 0 Å². The molecule has 17 heavy (non-hydrogen) atoms. The molecule has 1 aromatic heterocycles. The van der Waals surface area contributed by atoms with Gasteiger partial charge in [0.1, 0.15) is 0 Å². The summed E-state index contributed by atoms with van der Waals surface area (Å²) in [6, 6.07) is 4.26. The summed E-state index contributed by atoms with van der Waals surface area (Å²) in [4.78, 5) is 7.78. The molecular formula is C12H21N3OS. The number of methoxy groups -OCH3 is 1. The molecule has 0 aliphatic carbocycles. The second-order valence-corrected chi connectivity index (χ2v) is 4.75. The molecule has 0 atom stereocenters. The van der Waals surface area contributed by atoms with Gasteiger partial charge in [-0.05, 0) is 17.9 Å². The standard InChI is InChI=1S/C12H21N3OS/c1-13-12(14-7-9-16-3)15(2)8-6-11-5-4-10-17-11/h4-5,10H,6-9H2,1-3H3,(H,13,14). The van der Waals surface area contributed by atoms with Gasteiger partial charge in [0, 0.05) is 39.2 Å². The van der Waals surface area contributed by atoms with E-state index in [0.717, 1.165) is 25.5 Å². The molecule has 0 unspecified atom stereocenters. The van der Waals surface area contributed by atoms with Crippen molar-refractivity contribution in [2.45, 2.75) is 6.42 Å². The lowest BCUT2D eigenvalue weighted by atomic mass is 10.3. The molecule has 0 fully saturated rings. The van der Waals surface area contributed by atoms with Gasteiger partial charge in [-0.3, -0.25) is 4.99 Å². The second-order valence-electron chi connectivity index (χ2n) is 3.72. The van der Waals surface area contributed by atoms with Gasteiger partial charge < -0.3 is 15.0 Å². The van der Waals surface area contributed by atoms with Crippen LogP contribution in [0.4, 0.5) is 0 Å². The first-order chi connectivity index (χ1) is 8.27. The summed E-state index contributed by atoms with van der Waals surface area (Å²) in [5.74, 6) is 0.915. The third-order valence-corrected chi connectivity index (χ3v) is 3.37. The fourth-order valence-corrected chi connectivity index (χ4v) is 2.19. The lowest BCUT2D eigenvalue weighted by Gasteiger charge is -2.21. The Bertz CT molecular complexity index is 325. The van der Waals surface area contributed by atoms with Gasteiger partial charge >= 0.3 is 0 Å². The van der Waals surface area contributed by atoms with E-state index in [4.69, 9.17) is 4.74 Å². The van der Waals surface area contributed by atoms with E-state index in [-0.39, 0.29) is 0 Å². The lowest BCUT2D eigenvalue weighted by Crippen LogP contribution is -2.41. The van der Waals surface area contributed by atoms with Crippen LogP contribution in [0, 0.1) is 0 Å². The predicted molar refractivity (Wildman–Crippen MR) is 73.9 cm³/mol. The molecule has 0 radical (unpaired) electrons. The van der Waals surface area contributed by atoms with Gasteiger partial charge in [0.15, 0.2) is 5.96 Å². The fraction of sp³-hybridized carbons (Fsp3) is 0.583. The first-order valence-corrected chi connectivity index (χ1v) is 6.59. The molecule has 0 saturated heterocycles. The van der Waals surface area contributed by atoms with Crippen molar-refractivity contribution >= 4 is 17.3 Å². The quantitative estimate of drug-likeness (QED) is 0.475. The SMILES string of the molecule is CN=C(NCCOC)N(C)CCc1cccs1. The Kier molecular flexibility index (Phi) is 6.65. The van der Waals surface area contributed by atoms with Crippen molar-refractivity contribution in [2.75, 3.05) is 40.9 Å². The van der Waals surface area contributed by atoms with E-state index in [9.17, 15) is 0 Å². The highest BCUT2D eigenvalue weighted by molar-refractivity contribution is 7.09. The van der Waals surface area contributed by atoms with Gasteiger partial charge in [-0.1, -0.05) is 6.07 Å². The van der Waals surface area contributed by atoms with Crippen LogP contribution in [-0.2, 0) is 11.2 Å². The highest BCUT2D eigenvalue weighted by Gasteiger charge is 2.05. The van der Waals surface area contributed by atoms with Crippen molar-refractivity contribution in [2.24, 2.45) is 4.99 Å². The molecule has 0 aromatic carbocycles. The zero-order valence-corrected chi connectivity index (χ0v) is 11.6. The molecule has 96 valence electrons. The fourth-order valence-electron chi connectivity index (χ4n) is 1.49. The Hall–Kier alpha value is -1.07. The maximum Gasteiger partial charge on any atom is 0.193 e. The number of hydrogen-bond acceptors (Lipinski definition) is 3. The minimum atomic E-state index is 0.692. The summed E-state index contributed by atoms with van der Waals surface area (Å²) in [5.41, 5.74) is 0. The van der Waals surface area contributed by atoms with Crippen molar-refractivity contribution in [3.63, 3.8) is 0 Å². The number of ether oxygens (including phenoxy) is 1. The molecule has 1 aromatic rings.